The molecule has 5 heteroatoms. The molecule has 22 heavy (non-hydrogen) atoms. The van der Waals surface area contributed by atoms with Crippen LogP contribution in [-0.2, 0) is 6.42 Å². The molecule has 1 fully saturated rings. The van der Waals surface area contributed by atoms with Crippen LogP contribution in [0.2, 0.25) is 0 Å². The molecule has 3 rings (SSSR count). The largest absolute Gasteiger partial charge is 0.493 e. The van der Waals surface area contributed by atoms with Gasteiger partial charge in [-0.25, -0.2) is 0 Å². The van der Waals surface area contributed by atoms with Crippen LogP contribution in [0.1, 0.15) is 38.0 Å². The lowest BCUT2D eigenvalue weighted by molar-refractivity contribution is 0.355. The van der Waals surface area contributed by atoms with Gasteiger partial charge >= 0.3 is 0 Å². The fourth-order valence-electron chi connectivity index (χ4n) is 3.08. The van der Waals surface area contributed by atoms with Crippen LogP contribution in [-0.4, -0.2) is 24.4 Å². The molecule has 1 aromatic carbocycles. The van der Waals surface area contributed by atoms with E-state index in [1.165, 1.54) is 25.7 Å². The third kappa shape index (κ3) is 3.24. The highest BCUT2D eigenvalue weighted by Crippen LogP contribution is 2.32. The van der Waals surface area contributed by atoms with Crippen LogP contribution in [0.5, 0.6) is 11.5 Å². The summed E-state index contributed by atoms with van der Waals surface area (Å²) in [6.07, 6.45) is 7.43. The van der Waals surface area contributed by atoms with Crippen LogP contribution in [0, 0.1) is 5.92 Å². The van der Waals surface area contributed by atoms with Crippen molar-refractivity contribution in [2.24, 2.45) is 5.92 Å². The second kappa shape index (κ2) is 6.81. The summed E-state index contributed by atoms with van der Waals surface area (Å²) in [4.78, 5) is 4.50. The van der Waals surface area contributed by atoms with E-state index in [-0.39, 0.29) is 0 Å². The number of benzene rings is 1. The van der Waals surface area contributed by atoms with Crippen molar-refractivity contribution in [3.05, 3.63) is 24.1 Å². The summed E-state index contributed by atoms with van der Waals surface area (Å²) in [6.45, 7) is 0. The monoisotopic (exact) mass is 302 g/mol. The number of methoxy groups -OCH3 is 2. The zero-order chi connectivity index (χ0) is 15.4. The first-order valence-electron chi connectivity index (χ1n) is 7.85. The molecule has 1 aliphatic rings. The summed E-state index contributed by atoms with van der Waals surface area (Å²) in [7, 11) is 3.23. The van der Waals surface area contributed by atoms with Gasteiger partial charge in [-0.1, -0.05) is 30.8 Å². The van der Waals surface area contributed by atoms with E-state index < -0.39 is 0 Å². The predicted octanol–water partition coefficient (Wildman–Crippen LogP) is 3.88. The van der Waals surface area contributed by atoms with E-state index >= 15 is 0 Å². The van der Waals surface area contributed by atoms with Crippen molar-refractivity contribution in [1.29, 1.82) is 0 Å². The van der Waals surface area contributed by atoms with Gasteiger partial charge < -0.3 is 14.0 Å². The zero-order valence-electron chi connectivity index (χ0n) is 13.2. The maximum absolute atomic E-state index is 5.38. The van der Waals surface area contributed by atoms with Crippen molar-refractivity contribution < 1.29 is 14.0 Å². The van der Waals surface area contributed by atoms with Gasteiger partial charge in [0, 0.05) is 12.0 Å². The van der Waals surface area contributed by atoms with Crippen molar-refractivity contribution in [1.82, 2.24) is 10.1 Å². The number of aromatic nitrogens is 2. The van der Waals surface area contributed by atoms with Crippen LogP contribution < -0.4 is 9.47 Å². The molecule has 118 valence electrons. The summed E-state index contributed by atoms with van der Waals surface area (Å²) >= 11 is 0. The van der Waals surface area contributed by atoms with Gasteiger partial charge in [0.05, 0.1) is 14.2 Å². The van der Waals surface area contributed by atoms with Crippen molar-refractivity contribution >= 4 is 0 Å². The van der Waals surface area contributed by atoms with Gasteiger partial charge in [0.25, 0.3) is 0 Å². The topological polar surface area (TPSA) is 57.4 Å². The minimum atomic E-state index is 0.599. The molecule has 0 spiro atoms. The van der Waals surface area contributed by atoms with Gasteiger partial charge in [-0.05, 0) is 30.5 Å². The molecule has 5 nitrogen and oxygen atoms in total. The normalized spacial score (nSPS) is 15.2. The molecule has 0 radical (unpaired) electrons. The van der Waals surface area contributed by atoms with Gasteiger partial charge in [0.2, 0.25) is 11.7 Å². The lowest BCUT2D eigenvalue weighted by atomic mass is 10.0. The summed E-state index contributed by atoms with van der Waals surface area (Å²) in [5.41, 5.74) is 0.869. The summed E-state index contributed by atoms with van der Waals surface area (Å²) < 4.78 is 15.9. The third-order valence-corrected chi connectivity index (χ3v) is 4.35. The Morgan fingerprint density at radius 1 is 1.14 bits per heavy atom. The molecule has 2 aromatic rings. The van der Waals surface area contributed by atoms with Gasteiger partial charge in [0.1, 0.15) is 0 Å². The van der Waals surface area contributed by atoms with E-state index in [4.69, 9.17) is 14.0 Å². The molecule has 0 unspecified atom stereocenters. The minimum absolute atomic E-state index is 0.599. The first kappa shape index (κ1) is 14.9. The van der Waals surface area contributed by atoms with Crippen LogP contribution >= 0.6 is 0 Å². The Morgan fingerprint density at radius 2 is 1.91 bits per heavy atom. The molecular weight excluding hydrogens is 280 g/mol. The SMILES string of the molecule is COc1ccc(-c2noc(CCC3CCCC3)n2)cc1OC. The van der Waals surface area contributed by atoms with E-state index in [0.29, 0.717) is 17.3 Å². The van der Waals surface area contributed by atoms with Crippen molar-refractivity contribution in [3.8, 4) is 22.9 Å². The average molecular weight is 302 g/mol. The number of hydrogen-bond acceptors (Lipinski definition) is 5. The molecule has 0 atom stereocenters. The predicted molar refractivity (Wildman–Crippen MR) is 83.1 cm³/mol. The number of hydrogen-bond donors (Lipinski definition) is 0. The van der Waals surface area contributed by atoms with E-state index in [0.717, 1.165) is 30.2 Å². The Hall–Kier alpha value is -2.04. The highest BCUT2D eigenvalue weighted by molar-refractivity contribution is 5.60. The highest BCUT2D eigenvalue weighted by atomic mass is 16.5. The van der Waals surface area contributed by atoms with Gasteiger partial charge in [-0.2, -0.15) is 4.98 Å². The van der Waals surface area contributed by atoms with E-state index in [9.17, 15) is 0 Å². The smallest absolute Gasteiger partial charge is 0.226 e. The fourth-order valence-corrected chi connectivity index (χ4v) is 3.08. The van der Waals surface area contributed by atoms with Crippen LogP contribution in [0.3, 0.4) is 0 Å². The standard InChI is InChI=1S/C17H22N2O3/c1-20-14-9-8-13(11-15(14)21-2)17-18-16(22-19-17)10-7-12-5-3-4-6-12/h8-9,11-12H,3-7,10H2,1-2H3. The molecule has 1 aromatic heterocycles. The molecular formula is C17H22N2O3. The molecule has 0 saturated heterocycles. The van der Waals surface area contributed by atoms with Gasteiger partial charge in [-0.15, -0.1) is 0 Å². The summed E-state index contributed by atoms with van der Waals surface area (Å²) in [5.74, 6) is 3.50. The number of nitrogens with zero attached hydrogens (tertiary/aromatic N) is 2. The summed E-state index contributed by atoms with van der Waals surface area (Å²) in [6, 6.07) is 5.63. The number of aryl methyl sites for hydroxylation is 1. The van der Waals surface area contributed by atoms with Crippen LogP contribution in [0.15, 0.2) is 22.7 Å². The summed E-state index contributed by atoms with van der Waals surface area (Å²) in [5, 5.41) is 4.08. The van der Waals surface area contributed by atoms with Crippen LogP contribution in [0.4, 0.5) is 0 Å². The maximum atomic E-state index is 5.38. The Balaban J connectivity index is 1.70. The van der Waals surface area contributed by atoms with Gasteiger partial charge in [0.15, 0.2) is 11.5 Å². The average Bonchev–Trinajstić information content (AvgIpc) is 3.23. The molecule has 0 aliphatic heterocycles. The molecule has 0 bridgehead atoms. The second-order valence-corrected chi connectivity index (χ2v) is 5.77. The molecule has 1 saturated carbocycles. The van der Waals surface area contributed by atoms with E-state index in [1.54, 1.807) is 14.2 Å². The number of ether oxygens (including phenoxy) is 2. The Kier molecular flexibility index (Phi) is 4.61. The number of rotatable bonds is 6. The molecule has 0 N–H and O–H groups in total. The fraction of sp³-hybridized carbons (Fsp3) is 0.529. The Morgan fingerprint density at radius 3 is 2.64 bits per heavy atom. The van der Waals surface area contributed by atoms with Crippen molar-refractivity contribution in [2.75, 3.05) is 14.2 Å². The van der Waals surface area contributed by atoms with Crippen LogP contribution in [0.25, 0.3) is 11.4 Å². The Labute approximate surface area is 130 Å². The molecule has 1 heterocycles. The first-order valence-corrected chi connectivity index (χ1v) is 7.85. The highest BCUT2D eigenvalue weighted by Gasteiger charge is 2.17. The molecule has 0 amide bonds. The Bertz CT molecular complexity index is 618. The van der Waals surface area contributed by atoms with Gasteiger partial charge in [-0.3, -0.25) is 0 Å². The quantitative estimate of drug-likeness (QED) is 0.810. The first-order chi connectivity index (χ1) is 10.8. The maximum Gasteiger partial charge on any atom is 0.226 e. The minimum Gasteiger partial charge on any atom is -0.493 e. The second-order valence-electron chi connectivity index (χ2n) is 5.77. The third-order valence-electron chi connectivity index (χ3n) is 4.35. The van der Waals surface area contributed by atoms with Crippen molar-refractivity contribution in [2.45, 2.75) is 38.5 Å². The lowest BCUT2D eigenvalue weighted by Crippen LogP contribution is -1.96. The van der Waals surface area contributed by atoms with E-state index in [2.05, 4.69) is 10.1 Å². The van der Waals surface area contributed by atoms with E-state index in [1.807, 2.05) is 18.2 Å². The van der Waals surface area contributed by atoms with Crippen molar-refractivity contribution in [3.63, 3.8) is 0 Å². The lowest BCUT2D eigenvalue weighted by Gasteiger charge is -2.07. The molecule has 1 aliphatic carbocycles. The zero-order valence-corrected chi connectivity index (χ0v) is 13.2.